The SMILES string of the molecule is CCCc1nc2cccc(C(=O)O)c2n1CCCN(C)C. The van der Waals surface area contributed by atoms with E-state index in [1.807, 2.05) is 20.2 Å². The largest absolute Gasteiger partial charge is 0.478 e. The molecule has 114 valence electrons. The van der Waals surface area contributed by atoms with Gasteiger partial charge in [0, 0.05) is 13.0 Å². The van der Waals surface area contributed by atoms with E-state index in [0.29, 0.717) is 5.56 Å². The average Bonchev–Trinajstić information content (AvgIpc) is 2.76. The lowest BCUT2D eigenvalue weighted by Crippen LogP contribution is -2.16. The molecule has 21 heavy (non-hydrogen) atoms. The van der Waals surface area contributed by atoms with E-state index in [1.165, 1.54) is 0 Å². The standard InChI is InChI=1S/C16H23N3O2/c1-4-7-14-17-13-9-5-8-12(16(20)21)15(13)19(14)11-6-10-18(2)3/h5,8-9H,4,6-7,10-11H2,1-3H3,(H,20,21). The molecule has 0 saturated heterocycles. The van der Waals surface area contributed by atoms with Crippen molar-refractivity contribution in [2.45, 2.75) is 32.7 Å². The maximum Gasteiger partial charge on any atom is 0.337 e. The summed E-state index contributed by atoms with van der Waals surface area (Å²) in [5.74, 6) is 0.0948. The zero-order chi connectivity index (χ0) is 15.4. The van der Waals surface area contributed by atoms with Crippen LogP contribution in [0.15, 0.2) is 18.2 Å². The van der Waals surface area contributed by atoms with Crippen LogP contribution in [0.3, 0.4) is 0 Å². The molecule has 5 nitrogen and oxygen atoms in total. The van der Waals surface area contributed by atoms with Gasteiger partial charge in [0.15, 0.2) is 0 Å². The minimum atomic E-state index is -0.891. The molecular formula is C16H23N3O2. The molecule has 0 amide bonds. The van der Waals surface area contributed by atoms with E-state index in [2.05, 4.69) is 21.4 Å². The van der Waals surface area contributed by atoms with Crippen LogP contribution in [0, 0.1) is 0 Å². The lowest BCUT2D eigenvalue weighted by molar-refractivity contribution is 0.0698. The number of imidazole rings is 1. The molecule has 0 aliphatic heterocycles. The Labute approximate surface area is 125 Å². The van der Waals surface area contributed by atoms with Gasteiger partial charge in [-0.05, 0) is 45.6 Å². The van der Waals surface area contributed by atoms with E-state index >= 15 is 0 Å². The predicted molar refractivity (Wildman–Crippen MR) is 83.9 cm³/mol. The molecule has 0 spiro atoms. The minimum Gasteiger partial charge on any atom is -0.478 e. The van der Waals surface area contributed by atoms with Crippen molar-refractivity contribution in [1.29, 1.82) is 0 Å². The van der Waals surface area contributed by atoms with Gasteiger partial charge in [0.1, 0.15) is 5.82 Å². The van der Waals surface area contributed by atoms with Crippen molar-refractivity contribution >= 4 is 17.0 Å². The molecule has 2 rings (SSSR count). The smallest absolute Gasteiger partial charge is 0.337 e. The van der Waals surface area contributed by atoms with Crippen LogP contribution in [0.2, 0.25) is 0 Å². The fraction of sp³-hybridized carbons (Fsp3) is 0.500. The number of carboxylic acid groups (broad SMARTS) is 1. The lowest BCUT2D eigenvalue weighted by atomic mass is 10.2. The summed E-state index contributed by atoms with van der Waals surface area (Å²) in [6, 6.07) is 5.31. The summed E-state index contributed by atoms with van der Waals surface area (Å²) in [4.78, 5) is 18.2. The minimum absolute atomic E-state index is 0.340. The third-order valence-corrected chi connectivity index (χ3v) is 3.54. The summed E-state index contributed by atoms with van der Waals surface area (Å²) >= 11 is 0. The number of hydrogen-bond acceptors (Lipinski definition) is 3. The number of rotatable bonds is 7. The molecule has 0 aliphatic carbocycles. The number of hydrogen-bond donors (Lipinski definition) is 1. The Morgan fingerprint density at radius 1 is 1.38 bits per heavy atom. The normalized spacial score (nSPS) is 11.4. The molecule has 1 heterocycles. The molecule has 0 radical (unpaired) electrons. The predicted octanol–water partition coefficient (Wildman–Crippen LogP) is 2.64. The summed E-state index contributed by atoms with van der Waals surface area (Å²) < 4.78 is 2.09. The summed E-state index contributed by atoms with van der Waals surface area (Å²) in [6.07, 6.45) is 2.85. The van der Waals surface area contributed by atoms with Gasteiger partial charge in [-0.1, -0.05) is 13.0 Å². The van der Waals surface area contributed by atoms with Crippen LogP contribution in [0.25, 0.3) is 11.0 Å². The van der Waals surface area contributed by atoms with Gasteiger partial charge in [-0.25, -0.2) is 9.78 Å². The number of carboxylic acids is 1. The molecular weight excluding hydrogens is 266 g/mol. The Morgan fingerprint density at radius 2 is 2.14 bits per heavy atom. The monoisotopic (exact) mass is 289 g/mol. The number of aromatic carboxylic acids is 1. The molecule has 1 N–H and O–H groups in total. The molecule has 0 fully saturated rings. The number of benzene rings is 1. The summed E-state index contributed by atoms with van der Waals surface area (Å²) in [5, 5.41) is 9.41. The van der Waals surface area contributed by atoms with Crippen molar-refractivity contribution in [1.82, 2.24) is 14.5 Å². The van der Waals surface area contributed by atoms with Gasteiger partial charge in [0.05, 0.1) is 16.6 Å². The highest BCUT2D eigenvalue weighted by atomic mass is 16.4. The van der Waals surface area contributed by atoms with Crippen molar-refractivity contribution in [2.75, 3.05) is 20.6 Å². The molecule has 0 bridgehead atoms. The van der Waals surface area contributed by atoms with E-state index < -0.39 is 5.97 Å². The Balaban J connectivity index is 2.46. The maximum atomic E-state index is 11.5. The van der Waals surface area contributed by atoms with Crippen LogP contribution in [-0.4, -0.2) is 46.2 Å². The number of nitrogens with zero attached hydrogens (tertiary/aromatic N) is 3. The van der Waals surface area contributed by atoms with Crippen molar-refractivity contribution < 1.29 is 9.90 Å². The van der Waals surface area contributed by atoms with Crippen molar-refractivity contribution in [3.8, 4) is 0 Å². The number of aryl methyl sites for hydroxylation is 2. The van der Waals surface area contributed by atoms with Crippen LogP contribution in [0.1, 0.15) is 35.9 Å². The molecule has 0 unspecified atom stereocenters. The van der Waals surface area contributed by atoms with Crippen molar-refractivity contribution in [2.24, 2.45) is 0 Å². The van der Waals surface area contributed by atoms with Gasteiger partial charge in [-0.3, -0.25) is 0 Å². The first-order valence-electron chi connectivity index (χ1n) is 7.40. The maximum absolute atomic E-state index is 11.5. The quantitative estimate of drug-likeness (QED) is 0.851. The number of fused-ring (bicyclic) bond motifs is 1. The van der Waals surface area contributed by atoms with Crippen LogP contribution in [0.4, 0.5) is 0 Å². The lowest BCUT2D eigenvalue weighted by Gasteiger charge is -2.13. The highest BCUT2D eigenvalue weighted by molar-refractivity contribution is 6.01. The Kier molecular flexibility index (Phi) is 4.96. The van der Waals surface area contributed by atoms with Crippen LogP contribution >= 0.6 is 0 Å². The highest BCUT2D eigenvalue weighted by Gasteiger charge is 2.16. The third kappa shape index (κ3) is 3.42. The van der Waals surface area contributed by atoms with E-state index in [0.717, 1.165) is 49.2 Å². The highest BCUT2D eigenvalue weighted by Crippen LogP contribution is 2.22. The molecule has 0 aliphatic rings. The second kappa shape index (κ2) is 6.72. The molecule has 2 aromatic rings. The van der Waals surface area contributed by atoms with Crippen molar-refractivity contribution in [3.05, 3.63) is 29.6 Å². The van der Waals surface area contributed by atoms with Gasteiger partial charge < -0.3 is 14.6 Å². The topological polar surface area (TPSA) is 58.4 Å². The summed E-state index contributed by atoms with van der Waals surface area (Å²) in [5.41, 5.74) is 1.88. The Hall–Kier alpha value is -1.88. The molecule has 0 saturated carbocycles. The number of para-hydroxylation sites is 1. The third-order valence-electron chi connectivity index (χ3n) is 3.54. The van der Waals surface area contributed by atoms with E-state index in [4.69, 9.17) is 0 Å². The first-order valence-corrected chi connectivity index (χ1v) is 7.40. The fourth-order valence-corrected chi connectivity index (χ4v) is 2.61. The molecule has 5 heteroatoms. The first kappa shape index (κ1) is 15.5. The number of aromatic nitrogens is 2. The fourth-order valence-electron chi connectivity index (χ4n) is 2.61. The zero-order valence-electron chi connectivity index (χ0n) is 13.0. The summed E-state index contributed by atoms with van der Waals surface area (Å²) in [7, 11) is 4.09. The average molecular weight is 289 g/mol. The first-order chi connectivity index (χ1) is 10.0. The van der Waals surface area contributed by atoms with Gasteiger partial charge in [-0.15, -0.1) is 0 Å². The van der Waals surface area contributed by atoms with Crippen LogP contribution < -0.4 is 0 Å². The van der Waals surface area contributed by atoms with E-state index in [9.17, 15) is 9.90 Å². The second-order valence-electron chi connectivity index (χ2n) is 5.56. The molecule has 1 aromatic heterocycles. The molecule has 0 atom stereocenters. The van der Waals surface area contributed by atoms with E-state index in [-0.39, 0.29) is 0 Å². The Bertz CT molecular complexity index is 632. The zero-order valence-corrected chi connectivity index (χ0v) is 13.0. The van der Waals surface area contributed by atoms with Crippen molar-refractivity contribution in [3.63, 3.8) is 0 Å². The Morgan fingerprint density at radius 3 is 2.76 bits per heavy atom. The van der Waals surface area contributed by atoms with Gasteiger partial charge >= 0.3 is 5.97 Å². The number of carbonyl (C=O) groups is 1. The van der Waals surface area contributed by atoms with Gasteiger partial charge in [0.25, 0.3) is 0 Å². The molecule has 1 aromatic carbocycles. The van der Waals surface area contributed by atoms with Gasteiger partial charge in [0.2, 0.25) is 0 Å². The van der Waals surface area contributed by atoms with Gasteiger partial charge in [-0.2, -0.15) is 0 Å². The van der Waals surface area contributed by atoms with Crippen LogP contribution in [-0.2, 0) is 13.0 Å². The van der Waals surface area contributed by atoms with Crippen LogP contribution in [0.5, 0.6) is 0 Å². The summed E-state index contributed by atoms with van der Waals surface area (Å²) in [6.45, 7) is 3.89. The second-order valence-corrected chi connectivity index (χ2v) is 5.56. The van der Waals surface area contributed by atoms with E-state index in [1.54, 1.807) is 12.1 Å².